The summed E-state index contributed by atoms with van der Waals surface area (Å²) in [7, 11) is 0. The van der Waals surface area contributed by atoms with Crippen molar-refractivity contribution >= 4 is 11.4 Å². The second-order valence-electron chi connectivity index (χ2n) is 5.38. The Hall–Kier alpha value is -2.98. The average Bonchev–Trinajstić information content (AvgIpc) is 2.55. The molecule has 0 aliphatic carbocycles. The molecule has 1 heterocycles. The van der Waals surface area contributed by atoms with E-state index in [1.807, 2.05) is 32.0 Å². The summed E-state index contributed by atoms with van der Waals surface area (Å²) in [6.45, 7) is 4.89. The van der Waals surface area contributed by atoms with Gasteiger partial charge in [-0.2, -0.15) is 10.4 Å². The van der Waals surface area contributed by atoms with E-state index in [-0.39, 0.29) is 30.0 Å². The van der Waals surface area contributed by atoms with E-state index in [0.717, 1.165) is 15.7 Å². The van der Waals surface area contributed by atoms with Crippen molar-refractivity contribution < 1.29 is 10.2 Å². The number of hydrogen-bond donors (Lipinski definition) is 2. The first-order valence-electron chi connectivity index (χ1n) is 7.37. The third-order valence-electron chi connectivity index (χ3n) is 3.93. The monoisotopic (exact) mass is 326 g/mol. The second kappa shape index (κ2) is 7.06. The molecule has 7 heteroatoms. The lowest BCUT2D eigenvalue weighted by Gasteiger charge is -2.11. The van der Waals surface area contributed by atoms with Gasteiger partial charge < -0.3 is 10.2 Å². The molecule has 1 aromatic heterocycles. The fraction of sp³-hybridized carbons (Fsp3) is 0.294. The van der Waals surface area contributed by atoms with E-state index in [4.69, 9.17) is 5.11 Å². The molecule has 0 bridgehead atoms. The van der Waals surface area contributed by atoms with Gasteiger partial charge in [0.1, 0.15) is 11.6 Å². The van der Waals surface area contributed by atoms with E-state index in [0.29, 0.717) is 5.69 Å². The number of nitriles is 1. The number of pyridine rings is 1. The predicted octanol–water partition coefficient (Wildman–Crippen LogP) is 2.76. The molecule has 24 heavy (non-hydrogen) atoms. The normalized spacial score (nSPS) is 11.0. The fourth-order valence-electron chi connectivity index (χ4n) is 2.31. The number of benzene rings is 1. The molecule has 0 aliphatic heterocycles. The van der Waals surface area contributed by atoms with E-state index < -0.39 is 11.4 Å². The van der Waals surface area contributed by atoms with Crippen LogP contribution >= 0.6 is 0 Å². The number of aliphatic hydroxyl groups excluding tert-OH is 1. The van der Waals surface area contributed by atoms with E-state index in [9.17, 15) is 15.2 Å². The number of rotatable bonds is 4. The highest BCUT2D eigenvalue weighted by Gasteiger charge is 2.18. The molecule has 0 saturated carbocycles. The molecular formula is C17H18N4O3. The molecule has 0 amide bonds. The Morgan fingerprint density at radius 3 is 2.54 bits per heavy atom. The van der Waals surface area contributed by atoms with Crippen LogP contribution in [0, 0.1) is 32.1 Å². The second-order valence-corrected chi connectivity index (χ2v) is 5.38. The van der Waals surface area contributed by atoms with Crippen LogP contribution < -0.4 is 5.56 Å². The number of aliphatic hydroxyl groups is 1. The largest absolute Gasteiger partial charge is 0.493 e. The van der Waals surface area contributed by atoms with Gasteiger partial charge in [0.05, 0.1) is 18.8 Å². The van der Waals surface area contributed by atoms with Crippen LogP contribution in [-0.4, -0.2) is 21.4 Å². The maximum absolute atomic E-state index is 12.5. The summed E-state index contributed by atoms with van der Waals surface area (Å²) >= 11 is 0. The summed E-state index contributed by atoms with van der Waals surface area (Å²) in [5.74, 6) is -0.472. The third-order valence-corrected chi connectivity index (χ3v) is 3.93. The summed E-state index contributed by atoms with van der Waals surface area (Å²) in [4.78, 5) is 12.5. The molecule has 7 nitrogen and oxygen atoms in total. The molecule has 2 N–H and O–H groups in total. The Morgan fingerprint density at radius 1 is 1.21 bits per heavy atom. The van der Waals surface area contributed by atoms with Crippen molar-refractivity contribution in [2.24, 2.45) is 10.2 Å². The van der Waals surface area contributed by atoms with Gasteiger partial charge in [-0.15, -0.1) is 5.11 Å². The standard InChI is InChI=1S/C17H18N4O3/c1-10-5-4-6-14(11(10)2)19-20-15-12(3)13(9-18)16(23)21(7-8-22)17(15)24/h4-6,22-23H,7-8H2,1-3H3. The minimum Gasteiger partial charge on any atom is -0.493 e. The first-order chi connectivity index (χ1) is 11.4. The summed E-state index contributed by atoms with van der Waals surface area (Å²) in [6.07, 6.45) is 0. The van der Waals surface area contributed by atoms with Crippen LogP contribution in [0.3, 0.4) is 0 Å². The number of aromatic hydroxyl groups is 1. The molecule has 0 aliphatic rings. The molecule has 0 radical (unpaired) electrons. The van der Waals surface area contributed by atoms with Gasteiger partial charge in [0, 0.05) is 5.56 Å². The van der Waals surface area contributed by atoms with Gasteiger partial charge in [-0.05, 0) is 38.0 Å². The van der Waals surface area contributed by atoms with Gasteiger partial charge >= 0.3 is 0 Å². The molecule has 2 rings (SSSR count). The molecule has 0 spiro atoms. The number of azo groups is 1. The van der Waals surface area contributed by atoms with Crippen molar-refractivity contribution in [3.05, 3.63) is 50.8 Å². The van der Waals surface area contributed by atoms with Crippen LogP contribution in [0.25, 0.3) is 0 Å². The summed E-state index contributed by atoms with van der Waals surface area (Å²) < 4.78 is 0.920. The molecule has 0 fully saturated rings. The van der Waals surface area contributed by atoms with Gasteiger partial charge in [0.2, 0.25) is 5.88 Å². The van der Waals surface area contributed by atoms with Gasteiger partial charge in [-0.25, -0.2) is 0 Å². The van der Waals surface area contributed by atoms with Crippen LogP contribution in [0.1, 0.15) is 22.3 Å². The van der Waals surface area contributed by atoms with Gasteiger partial charge in [0.25, 0.3) is 5.56 Å². The van der Waals surface area contributed by atoms with E-state index in [1.165, 1.54) is 6.92 Å². The number of aromatic nitrogens is 1. The Kier molecular flexibility index (Phi) is 5.11. The van der Waals surface area contributed by atoms with Crippen molar-refractivity contribution in [2.45, 2.75) is 27.3 Å². The first-order valence-corrected chi connectivity index (χ1v) is 7.37. The Morgan fingerprint density at radius 2 is 1.92 bits per heavy atom. The van der Waals surface area contributed by atoms with Crippen LogP contribution in [0.2, 0.25) is 0 Å². The SMILES string of the molecule is Cc1cccc(N=Nc2c(C)c(C#N)c(O)n(CCO)c2=O)c1C. The molecule has 2 aromatic rings. The van der Waals surface area contributed by atoms with Crippen molar-refractivity contribution in [1.29, 1.82) is 5.26 Å². The van der Waals surface area contributed by atoms with Crippen molar-refractivity contribution in [2.75, 3.05) is 6.61 Å². The molecule has 0 saturated heterocycles. The fourth-order valence-corrected chi connectivity index (χ4v) is 2.31. The Balaban J connectivity index is 2.64. The quantitative estimate of drug-likeness (QED) is 0.841. The lowest BCUT2D eigenvalue weighted by Crippen LogP contribution is -2.23. The highest BCUT2D eigenvalue weighted by atomic mass is 16.3. The van der Waals surface area contributed by atoms with E-state index >= 15 is 0 Å². The number of nitrogens with zero attached hydrogens (tertiary/aromatic N) is 4. The van der Waals surface area contributed by atoms with E-state index in [2.05, 4.69) is 10.2 Å². The Labute approximate surface area is 139 Å². The molecule has 124 valence electrons. The minimum atomic E-state index is -0.605. The minimum absolute atomic E-state index is 0.0290. The average molecular weight is 326 g/mol. The lowest BCUT2D eigenvalue weighted by atomic mass is 10.1. The summed E-state index contributed by atoms with van der Waals surface area (Å²) in [6, 6.07) is 7.42. The van der Waals surface area contributed by atoms with Crippen molar-refractivity contribution in [3.63, 3.8) is 0 Å². The van der Waals surface area contributed by atoms with Gasteiger partial charge in [-0.1, -0.05) is 12.1 Å². The third kappa shape index (κ3) is 3.05. The smallest absolute Gasteiger partial charge is 0.281 e. The number of aryl methyl sites for hydroxylation is 1. The summed E-state index contributed by atoms with van der Waals surface area (Å²) in [5.41, 5.74) is 2.17. The molecule has 0 unspecified atom stereocenters. The molecule has 1 aromatic carbocycles. The van der Waals surface area contributed by atoms with Crippen molar-refractivity contribution in [1.82, 2.24) is 4.57 Å². The highest BCUT2D eigenvalue weighted by Crippen LogP contribution is 2.28. The lowest BCUT2D eigenvalue weighted by molar-refractivity contribution is 0.263. The van der Waals surface area contributed by atoms with Crippen LogP contribution in [0.5, 0.6) is 5.88 Å². The predicted molar refractivity (Wildman–Crippen MR) is 89.0 cm³/mol. The maximum atomic E-state index is 12.5. The van der Waals surface area contributed by atoms with Crippen LogP contribution in [0.4, 0.5) is 11.4 Å². The first kappa shape index (κ1) is 17.4. The highest BCUT2D eigenvalue weighted by molar-refractivity contribution is 5.57. The topological polar surface area (TPSA) is 111 Å². The van der Waals surface area contributed by atoms with Gasteiger partial charge in [0.15, 0.2) is 5.69 Å². The summed E-state index contributed by atoms with van der Waals surface area (Å²) in [5, 5.41) is 36.4. The Bertz CT molecular complexity index is 908. The molecular weight excluding hydrogens is 308 g/mol. The zero-order valence-electron chi connectivity index (χ0n) is 13.7. The maximum Gasteiger partial charge on any atom is 0.281 e. The zero-order chi connectivity index (χ0) is 17.9. The van der Waals surface area contributed by atoms with Crippen molar-refractivity contribution in [3.8, 4) is 11.9 Å². The van der Waals surface area contributed by atoms with Gasteiger partial charge in [-0.3, -0.25) is 9.36 Å². The molecule has 0 atom stereocenters. The van der Waals surface area contributed by atoms with Crippen LogP contribution in [0.15, 0.2) is 33.2 Å². The number of hydrogen-bond acceptors (Lipinski definition) is 6. The van der Waals surface area contributed by atoms with E-state index in [1.54, 1.807) is 6.07 Å². The zero-order valence-corrected chi connectivity index (χ0v) is 13.7. The van der Waals surface area contributed by atoms with Crippen LogP contribution in [-0.2, 0) is 6.54 Å².